The molecule has 0 radical (unpaired) electrons. The van der Waals surface area contributed by atoms with Gasteiger partial charge in [0.1, 0.15) is 0 Å². The minimum Gasteiger partial charge on any atom is -0.387 e. The standard InChI is InChI=1S/C14H22N2O2/c1-11(17)14-6-5-13(8-15-14)16-7-3-4-12(9-16)10-18-2/h5-6,8,11-12,17H,3-4,7,9-10H2,1-2H3/t11-,12?/m0/s1. The lowest BCUT2D eigenvalue weighted by atomic mass is 9.98. The van der Waals surface area contributed by atoms with Gasteiger partial charge in [0.2, 0.25) is 0 Å². The maximum Gasteiger partial charge on any atom is 0.0931 e. The highest BCUT2D eigenvalue weighted by Crippen LogP contribution is 2.23. The molecule has 1 unspecified atom stereocenters. The van der Waals surface area contributed by atoms with Crippen LogP contribution in [0.25, 0.3) is 0 Å². The van der Waals surface area contributed by atoms with Crippen LogP contribution in [-0.4, -0.2) is 36.9 Å². The largest absolute Gasteiger partial charge is 0.387 e. The molecule has 100 valence electrons. The van der Waals surface area contributed by atoms with Crippen molar-refractivity contribution in [2.75, 3.05) is 31.7 Å². The molecule has 2 heterocycles. The number of nitrogens with zero attached hydrogens (tertiary/aromatic N) is 2. The van der Waals surface area contributed by atoms with Gasteiger partial charge in [0.05, 0.1) is 30.3 Å². The van der Waals surface area contributed by atoms with Crippen LogP contribution in [0.15, 0.2) is 18.3 Å². The molecule has 0 aliphatic carbocycles. The van der Waals surface area contributed by atoms with Crippen molar-refractivity contribution in [3.05, 3.63) is 24.0 Å². The smallest absolute Gasteiger partial charge is 0.0931 e. The highest BCUT2D eigenvalue weighted by molar-refractivity contribution is 5.45. The first kappa shape index (κ1) is 13.3. The zero-order chi connectivity index (χ0) is 13.0. The fraction of sp³-hybridized carbons (Fsp3) is 0.643. The Kier molecular flexibility index (Phi) is 4.55. The molecule has 1 aliphatic rings. The summed E-state index contributed by atoms with van der Waals surface area (Å²) in [6.07, 6.45) is 3.80. The van der Waals surface area contributed by atoms with E-state index in [9.17, 15) is 5.11 Å². The molecule has 1 saturated heterocycles. The summed E-state index contributed by atoms with van der Waals surface area (Å²) in [5, 5.41) is 9.44. The number of aliphatic hydroxyl groups excluding tert-OH is 1. The van der Waals surface area contributed by atoms with Gasteiger partial charge in [0.15, 0.2) is 0 Å². The van der Waals surface area contributed by atoms with Crippen molar-refractivity contribution in [1.82, 2.24) is 4.98 Å². The Morgan fingerprint density at radius 2 is 2.39 bits per heavy atom. The molecule has 1 aliphatic heterocycles. The summed E-state index contributed by atoms with van der Waals surface area (Å²) in [6.45, 7) is 4.67. The average molecular weight is 250 g/mol. The van der Waals surface area contributed by atoms with Crippen LogP contribution in [0.2, 0.25) is 0 Å². The summed E-state index contributed by atoms with van der Waals surface area (Å²) in [5.74, 6) is 0.611. The fourth-order valence-electron chi connectivity index (χ4n) is 2.50. The van der Waals surface area contributed by atoms with Gasteiger partial charge >= 0.3 is 0 Å². The minimum absolute atomic E-state index is 0.498. The molecule has 0 amide bonds. The third kappa shape index (κ3) is 3.21. The Balaban J connectivity index is 2.02. The first-order valence-electron chi connectivity index (χ1n) is 6.58. The molecule has 1 N–H and O–H groups in total. The molecular weight excluding hydrogens is 228 g/mol. The molecule has 4 nitrogen and oxygen atoms in total. The first-order chi connectivity index (χ1) is 8.70. The molecule has 4 heteroatoms. The Morgan fingerprint density at radius 1 is 1.56 bits per heavy atom. The van der Waals surface area contributed by atoms with Crippen LogP contribution in [0, 0.1) is 5.92 Å². The number of aliphatic hydroxyl groups is 1. The number of pyridine rings is 1. The second kappa shape index (κ2) is 6.16. The van der Waals surface area contributed by atoms with Crippen LogP contribution in [0.3, 0.4) is 0 Å². The summed E-state index contributed by atoms with van der Waals surface area (Å²) >= 11 is 0. The summed E-state index contributed by atoms with van der Waals surface area (Å²) in [4.78, 5) is 6.65. The SMILES string of the molecule is COCC1CCCN(c2ccc([C@H](C)O)nc2)C1. The van der Waals surface area contributed by atoms with E-state index in [2.05, 4.69) is 9.88 Å². The number of piperidine rings is 1. The van der Waals surface area contributed by atoms with Crippen molar-refractivity contribution in [2.24, 2.45) is 5.92 Å². The highest BCUT2D eigenvalue weighted by Gasteiger charge is 2.20. The van der Waals surface area contributed by atoms with E-state index in [4.69, 9.17) is 4.74 Å². The van der Waals surface area contributed by atoms with Crippen molar-refractivity contribution in [3.63, 3.8) is 0 Å². The topological polar surface area (TPSA) is 45.6 Å². The Labute approximate surface area is 109 Å². The fourth-order valence-corrected chi connectivity index (χ4v) is 2.50. The molecule has 18 heavy (non-hydrogen) atoms. The van der Waals surface area contributed by atoms with Crippen LogP contribution in [0.5, 0.6) is 0 Å². The van der Waals surface area contributed by atoms with E-state index in [0.717, 1.165) is 31.1 Å². The van der Waals surface area contributed by atoms with Gasteiger partial charge in [-0.15, -0.1) is 0 Å². The molecule has 1 aromatic rings. The minimum atomic E-state index is -0.498. The lowest BCUT2D eigenvalue weighted by Gasteiger charge is -2.34. The van der Waals surface area contributed by atoms with Gasteiger partial charge in [-0.2, -0.15) is 0 Å². The Bertz CT molecular complexity index is 363. The number of ether oxygens (including phenoxy) is 1. The maximum absolute atomic E-state index is 9.44. The molecule has 0 saturated carbocycles. The van der Waals surface area contributed by atoms with Crippen molar-refractivity contribution in [3.8, 4) is 0 Å². The Morgan fingerprint density at radius 3 is 3.00 bits per heavy atom. The summed E-state index contributed by atoms with van der Waals surface area (Å²) in [7, 11) is 1.76. The van der Waals surface area contributed by atoms with Crippen LogP contribution in [0.1, 0.15) is 31.6 Å². The van der Waals surface area contributed by atoms with Crippen LogP contribution in [0.4, 0.5) is 5.69 Å². The zero-order valence-corrected chi connectivity index (χ0v) is 11.2. The van der Waals surface area contributed by atoms with E-state index < -0.39 is 6.10 Å². The van der Waals surface area contributed by atoms with Crippen molar-refractivity contribution in [2.45, 2.75) is 25.9 Å². The van der Waals surface area contributed by atoms with Gasteiger partial charge in [-0.1, -0.05) is 0 Å². The number of hydrogen-bond acceptors (Lipinski definition) is 4. The number of hydrogen-bond donors (Lipinski definition) is 1. The highest BCUT2D eigenvalue weighted by atomic mass is 16.5. The predicted octanol–water partition coefficient (Wildman–Crippen LogP) is 2.00. The first-order valence-corrected chi connectivity index (χ1v) is 6.58. The second-order valence-corrected chi connectivity index (χ2v) is 5.03. The molecular formula is C14H22N2O2. The molecule has 0 bridgehead atoms. The number of methoxy groups -OCH3 is 1. The normalized spacial score (nSPS) is 21.9. The van der Waals surface area contributed by atoms with E-state index >= 15 is 0 Å². The summed E-state index contributed by atoms with van der Waals surface area (Å²) < 4.78 is 5.24. The van der Waals surface area contributed by atoms with Crippen molar-refractivity contribution in [1.29, 1.82) is 0 Å². The van der Waals surface area contributed by atoms with E-state index in [1.807, 2.05) is 18.3 Å². The third-order valence-corrected chi connectivity index (χ3v) is 3.49. The molecule has 1 fully saturated rings. The average Bonchev–Trinajstić information content (AvgIpc) is 2.39. The molecule has 0 spiro atoms. The summed E-state index contributed by atoms with van der Waals surface area (Å²) in [5.41, 5.74) is 1.87. The van der Waals surface area contributed by atoms with Gasteiger partial charge in [-0.05, 0) is 37.8 Å². The molecule has 0 aromatic carbocycles. The monoisotopic (exact) mass is 250 g/mol. The van der Waals surface area contributed by atoms with Gasteiger partial charge in [-0.25, -0.2) is 0 Å². The number of anilines is 1. The Hall–Kier alpha value is -1.13. The van der Waals surface area contributed by atoms with E-state index in [0.29, 0.717) is 5.92 Å². The van der Waals surface area contributed by atoms with Crippen LogP contribution >= 0.6 is 0 Å². The summed E-state index contributed by atoms with van der Waals surface area (Å²) in [6, 6.07) is 3.95. The quantitative estimate of drug-likeness (QED) is 0.887. The van der Waals surface area contributed by atoms with E-state index in [-0.39, 0.29) is 0 Å². The maximum atomic E-state index is 9.44. The van der Waals surface area contributed by atoms with E-state index in [1.165, 1.54) is 12.8 Å². The van der Waals surface area contributed by atoms with Gasteiger partial charge in [-0.3, -0.25) is 4.98 Å². The second-order valence-electron chi connectivity index (χ2n) is 5.03. The predicted molar refractivity (Wildman–Crippen MR) is 71.7 cm³/mol. The molecule has 2 atom stereocenters. The van der Waals surface area contributed by atoms with Crippen LogP contribution < -0.4 is 4.90 Å². The number of rotatable bonds is 4. The molecule has 2 rings (SSSR count). The van der Waals surface area contributed by atoms with Gasteiger partial charge in [0.25, 0.3) is 0 Å². The van der Waals surface area contributed by atoms with Crippen molar-refractivity contribution < 1.29 is 9.84 Å². The van der Waals surface area contributed by atoms with E-state index in [1.54, 1.807) is 14.0 Å². The van der Waals surface area contributed by atoms with Crippen LogP contribution in [-0.2, 0) is 4.74 Å². The number of aromatic nitrogens is 1. The third-order valence-electron chi connectivity index (χ3n) is 3.49. The lowest BCUT2D eigenvalue weighted by Crippen LogP contribution is -2.37. The van der Waals surface area contributed by atoms with Crippen molar-refractivity contribution >= 4 is 5.69 Å². The van der Waals surface area contributed by atoms with Gasteiger partial charge < -0.3 is 14.7 Å². The van der Waals surface area contributed by atoms with Gasteiger partial charge in [0, 0.05) is 20.2 Å². The lowest BCUT2D eigenvalue weighted by molar-refractivity contribution is 0.143. The zero-order valence-electron chi connectivity index (χ0n) is 11.2. The molecule has 1 aromatic heterocycles.